The van der Waals surface area contributed by atoms with Gasteiger partial charge in [0.15, 0.2) is 5.96 Å². The van der Waals surface area contributed by atoms with E-state index in [9.17, 15) is 4.79 Å². The van der Waals surface area contributed by atoms with E-state index in [4.69, 9.17) is 9.15 Å². The van der Waals surface area contributed by atoms with Crippen LogP contribution in [0.3, 0.4) is 0 Å². The number of rotatable bonds is 9. The zero-order valence-corrected chi connectivity index (χ0v) is 20.4. The van der Waals surface area contributed by atoms with Crippen molar-refractivity contribution in [1.82, 2.24) is 20.9 Å². The summed E-state index contributed by atoms with van der Waals surface area (Å²) in [5.41, 5.74) is 0.602. The molecule has 31 heavy (non-hydrogen) atoms. The van der Waals surface area contributed by atoms with E-state index >= 15 is 0 Å². The molecule has 2 heterocycles. The number of ether oxygens (including phenoxy) is 1. The van der Waals surface area contributed by atoms with Crippen molar-refractivity contribution in [3.8, 4) is 5.75 Å². The lowest BCUT2D eigenvalue weighted by molar-refractivity contribution is 0.0954. The fraction of sp³-hybridized carbons (Fsp3) is 0.455. The number of amides is 1. The Balaban J connectivity index is 0.00000341. The zero-order valence-electron chi connectivity index (χ0n) is 18.1. The van der Waals surface area contributed by atoms with Crippen molar-refractivity contribution in [2.75, 3.05) is 46.9 Å². The Labute approximate surface area is 200 Å². The fourth-order valence-electron chi connectivity index (χ4n) is 3.56. The molecule has 0 saturated carbocycles. The lowest BCUT2D eigenvalue weighted by Gasteiger charge is -2.26. The van der Waals surface area contributed by atoms with Gasteiger partial charge in [0, 0.05) is 32.2 Å². The molecule has 0 radical (unpaired) electrons. The molecule has 0 aliphatic carbocycles. The highest BCUT2D eigenvalue weighted by Crippen LogP contribution is 2.24. The number of nitrogens with zero attached hydrogens (tertiary/aromatic N) is 2. The van der Waals surface area contributed by atoms with Crippen molar-refractivity contribution in [2.45, 2.75) is 18.9 Å². The number of carbonyl (C=O) groups excluding carboxylic acids is 1. The Bertz CT molecular complexity index is 805. The van der Waals surface area contributed by atoms with Crippen LogP contribution in [0.15, 0.2) is 52.1 Å². The first kappa shape index (κ1) is 25.0. The molecule has 0 bridgehead atoms. The van der Waals surface area contributed by atoms with Gasteiger partial charge in [0.1, 0.15) is 11.5 Å². The number of likely N-dealkylation sites (tertiary alicyclic amines) is 1. The first-order chi connectivity index (χ1) is 14.7. The topological polar surface area (TPSA) is 91.1 Å². The van der Waals surface area contributed by atoms with Gasteiger partial charge in [0.2, 0.25) is 0 Å². The predicted molar refractivity (Wildman–Crippen MR) is 132 cm³/mol. The maximum Gasteiger partial charge on any atom is 0.251 e. The van der Waals surface area contributed by atoms with Crippen molar-refractivity contribution in [3.05, 3.63) is 54.0 Å². The molecule has 1 aliphatic heterocycles. The summed E-state index contributed by atoms with van der Waals surface area (Å²) in [6.45, 7) is 3.91. The molecular formula is C22H32IN5O3. The van der Waals surface area contributed by atoms with Crippen LogP contribution in [0.1, 0.15) is 35.0 Å². The Hall–Kier alpha value is -2.27. The highest BCUT2D eigenvalue weighted by Gasteiger charge is 2.25. The van der Waals surface area contributed by atoms with Crippen molar-refractivity contribution in [2.24, 2.45) is 4.99 Å². The summed E-state index contributed by atoms with van der Waals surface area (Å²) in [6.07, 6.45) is 4.16. The Morgan fingerprint density at radius 1 is 1.13 bits per heavy atom. The van der Waals surface area contributed by atoms with E-state index < -0.39 is 0 Å². The van der Waals surface area contributed by atoms with Crippen LogP contribution in [0.5, 0.6) is 5.75 Å². The summed E-state index contributed by atoms with van der Waals surface area (Å²) in [6, 6.07) is 11.2. The van der Waals surface area contributed by atoms with E-state index in [2.05, 4.69) is 25.8 Å². The van der Waals surface area contributed by atoms with Crippen molar-refractivity contribution in [1.29, 1.82) is 0 Å². The first-order valence-corrected chi connectivity index (χ1v) is 10.4. The van der Waals surface area contributed by atoms with Crippen LogP contribution in [-0.4, -0.2) is 63.6 Å². The number of nitrogens with one attached hydrogen (secondary N) is 3. The normalized spacial score (nSPS) is 15.1. The van der Waals surface area contributed by atoms with Crippen LogP contribution in [0.25, 0.3) is 0 Å². The van der Waals surface area contributed by atoms with E-state index in [0.29, 0.717) is 31.2 Å². The second-order valence-corrected chi connectivity index (χ2v) is 7.14. The smallest absolute Gasteiger partial charge is 0.251 e. The minimum atomic E-state index is -0.116. The molecule has 3 N–H and O–H groups in total. The van der Waals surface area contributed by atoms with Gasteiger partial charge in [-0.15, -0.1) is 24.0 Å². The maximum absolute atomic E-state index is 12.2. The summed E-state index contributed by atoms with van der Waals surface area (Å²) in [7, 11) is 3.34. The minimum Gasteiger partial charge on any atom is -0.497 e. The van der Waals surface area contributed by atoms with Gasteiger partial charge in [-0.05, 0) is 62.3 Å². The quantitative estimate of drug-likeness (QED) is 0.196. The average Bonchev–Trinajstić information content (AvgIpc) is 3.50. The van der Waals surface area contributed by atoms with Crippen molar-refractivity contribution in [3.63, 3.8) is 0 Å². The van der Waals surface area contributed by atoms with Crippen LogP contribution in [0, 0.1) is 0 Å². The van der Waals surface area contributed by atoms with E-state index in [0.717, 1.165) is 24.6 Å². The number of furan rings is 1. The summed E-state index contributed by atoms with van der Waals surface area (Å²) in [5, 5.41) is 9.52. The summed E-state index contributed by atoms with van der Waals surface area (Å²) >= 11 is 0. The average molecular weight is 541 g/mol. The van der Waals surface area contributed by atoms with Gasteiger partial charge in [0.05, 0.1) is 19.4 Å². The zero-order chi connectivity index (χ0) is 21.2. The largest absolute Gasteiger partial charge is 0.497 e. The molecule has 1 amide bonds. The number of hydrogen-bond acceptors (Lipinski definition) is 5. The van der Waals surface area contributed by atoms with Crippen LogP contribution >= 0.6 is 24.0 Å². The first-order valence-electron chi connectivity index (χ1n) is 10.4. The monoisotopic (exact) mass is 541 g/mol. The molecule has 0 spiro atoms. The van der Waals surface area contributed by atoms with Gasteiger partial charge in [-0.3, -0.25) is 14.7 Å². The van der Waals surface area contributed by atoms with Crippen molar-refractivity contribution < 1.29 is 13.9 Å². The second-order valence-electron chi connectivity index (χ2n) is 7.14. The molecule has 1 saturated heterocycles. The van der Waals surface area contributed by atoms with Crippen LogP contribution in [0.4, 0.5) is 0 Å². The molecule has 3 rings (SSSR count). The SMILES string of the molecule is CN=C(NCCNC(=O)c1ccc(OC)cc1)NCC(c1ccco1)N1CCCC1.I. The third-order valence-corrected chi connectivity index (χ3v) is 5.19. The van der Waals surface area contributed by atoms with Crippen molar-refractivity contribution >= 4 is 35.8 Å². The summed E-state index contributed by atoms with van der Waals surface area (Å²) < 4.78 is 10.8. The van der Waals surface area contributed by atoms with Gasteiger partial charge in [-0.25, -0.2) is 0 Å². The number of hydrogen-bond donors (Lipinski definition) is 3. The highest BCUT2D eigenvalue weighted by atomic mass is 127. The number of halogens is 1. The van der Waals surface area contributed by atoms with E-state index in [1.807, 2.05) is 12.1 Å². The van der Waals surface area contributed by atoms with E-state index in [-0.39, 0.29) is 35.9 Å². The fourth-order valence-corrected chi connectivity index (χ4v) is 3.56. The standard InChI is InChI=1S/C22H31N5O3.HI/c1-23-22(25-12-11-24-21(28)17-7-9-18(29-2)10-8-17)26-16-19(20-6-5-15-30-20)27-13-3-4-14-27;/h5-10,15,19H,3-4,11-14,16H2,1-2H3,(H,24,28)(H2,23,25,26);1H. The van der Waals surface area contributed by atoms with E-state index in [1.165, 1.54) is 12.8 Å². The maximum atomic E-state index is 12.2. The lowest BCUT2D eigenvalue weighted by atomic mass is 10.2. The van der Waals surface area contributed by atoms with Crippen LogP contribution in [0.2, 0.25) is 0 Å². The highest BCUT2D eigenvalue weighted by molar-refractivity contribution is 14.0. The lowest BCUT2D eigenvalue weighted by Crippen LogP contribution is -2.44. The minimum absolute atomic E-state index is 0. The Morgan fingerprint density at radius 3 is 2.45 bits per heavy atom. The Morgan fingerprint density at radius 2 is 1.84 bits per heavy atom. The van der Waals surface area contributed by atoms with E-state index in [1.54, 1.807) is 44.7 Å². The van der Waals surface area contributed by atoms with Gasteiger partial charge in [-0.2, -0.15) is 0 Å². The Kier molecular flexibility index (Phi) is 10.6. The molecular weight excluding hydrogens is 509 g/mol. The number of guanidine groups is 1. The van der Waals surface area contributed by atoms with Crippen LogP contribution in [-0.2, 0) is 0 Å². The number of carbonyl (C=O) groups is 1. The number of methoxy groups -OCH3 is 1. The molecule has 1 aliphatic rings. The molecule has 8 nitrogen and oxygen atoms in total. The number of benzene rings is 1. The number of aliphatic imine (C=N–C) groups is 1. The molecule has 1 aromatic heterocycles. The van der Waals surface area contributed by atoms with Gasteiger partial charge in [-0.1, -0.05) is 0 Å². The third-order valence-electron chi connectivity index (χ3n) is 5.19. The van der Waals surface area contributed by atoms with Gasteiger partial charge < -0.3 is 25.1 Å². The molecule has 2 aromatic rings. The summed E-state index contributed by atoms with van der Waals surface area (Å²) in [5.74, 6) is 2.27. The predicted octanol–water partition coefficient (Wildman–Crippen LogP) is 2.64. The molecule has 1 atom stereocenters. The van der Waals surface area contributed by atoms with Crippen LogP contribution < -0.4 is 20.7 Å². The molecule has 1 unspecified atom stereocenters. The molecule has 1 fully saturated rings. The third kappa shape index (κ3) is 7.42. The molecule has 170 valence electrons. The second kappa shape index (κ2) is 13.2. The van der Waals surface area contributed by atoms with Gasteiger partial charge in [0.25, 0.3) is 5.91 Å². The molecule has 1 aromatic carbocycles. The molecule has 9 heteroatoms. The van der Waals surface area contributed by atoms with Gasteiger partial charge >= 0.3 is 0 Å². The summed E-state index contributed by atoms with van der Waals surface area (Å²) in [4.78, 5) is 18.9.